The van der Waals surface area contributed by atoms with Crippen LogP contribution in [-0.2, 0) is 20.3 Å². The topological polar surface area (TPSA) is 63.6 Å². The number of benzene rings is 1. The molecule has 0 spiro atoms. The second-order valence-corrected chi connectivity index (χ2v) is 5.20. The lowest BCUT2D eigenvalue weighted by Crippen LogP contribution is -2.30. The van der Waals surface area contributed by atoms with Gasteiger partial charge in [0.25, 0.3) is 0 Å². The molecular weight excluding hydrogens is 271 g/mol. The number of halogens is 2. The molecule has 0 amide bonds. The van der Waals surface area contributed by atoms with Crippen molar-refractivity contribution in [2.45, 2.75) is 10.1 Å². The predicted molar refractivity (Wildman–Crippen MR) is 61.1 cm³/mol. The number of methoxy groups -OCH3 is 1. The molecule has 0 aliphatic rings. The fourth-order valence-corrected chi connectivity index (χ4v) is 2.60. The molecule has 0 saturated carbocycles. The van der Waals surface area contributed by atoms with Crippen LogP contribution in [0, 0.1) is 5.82 Å². The van der Waals surface area contributed by atoms with Gasteiger partial charge in [0.05, 0.1) is 22.4 Å². The van der Waals surface area contributed by atoms with Crippen molar-refractivity contribution in [3.8, 4) is 0 Å². The van der Waals surface area contributed by atoms with Crippen LogP contribution in [0.25, 0.3) is 0 Å². The van der Waals surface area contributed by atoms with Crippen LogP contribution in [0.3, 0.4) is 0 Å². The normalized spacial score (nSPS) is 14.3. The molecule has 0 aliphatic heterocycles. The Hall–Kier alpha value is -0.980. The lowest BCUT2D eigenvalue weighted by Gasteiger charge is -2.11. The maximum Gasteiger partial charge on any atom is 0.322 e. The van der Waals surface area contributed by atoms with E-state index in [2.05, 4.69) is 4.74 Å². The van der Waals surface area contributed by atoms with E-state index in [1.807, 2.05) is 0 Å². The van der Waals surface area contributed by atoms with Gasteiger partial charge in [-0.3, -0.25) is 9.00 Å². The smallest absolute Gasteiger partial charge is 0.322 e. The fraction of sp³-hybridized carbons (Fsp3) is 0.300. The molecule has 17 heavy (non-hydrogen) atoms. The highest BCUT2D eigenvalue weighted by atomic mass is 35.5. The molecule has 1 aromatic carbocycles. The molecule has 2 atom stereocenters. The van der Waals surface area contributed by atoms with Gasteiger partial charge >= 0.3 is 5.97 Å². The Kier molecular flexibility index (Phi) is 5.04. The highest BCUT2D eigenvalue weighted by Crippen LogP contribution is 2.20. The number of carboxylic acids is 1. The zero-order valence-corrected chi connectivity index (χ0v) is 10.4. The maximum atomic E-state index is 12.9. The van der Waals surface area contributed by atoms with Crippen LogP contribution < -0.4 is 0 Å². The van der Waals surface area contributed by atoms with Gasteiger partial charge in [0.2, 0.25) is 0 Å². The lowest BCUT2D eigenvalue weighted by molar-refractivity contribution is -0.137. The molecule has 4 nitrogen and oxygen atoms in total. The third-order valence-corrected chi connectivity index (χ3v) is 3.84. The first-order chi connectivity index (χ1) is 7.97. The minimum Gasteiger partial charge on any atom is -0.480 e. The summed E-state index contributed by atoms with van der Waals surface area (Å²) in [6, 6.07) is 3.43. The summed E-state index contributed by atoms with van der Waals surface area (Å²) < 4.78 is 29.5. The van der Waals surface area contributed by atoms with E-state index in [1.165, 1.54) is 13.2 Å². The summed E-state index contributed by atoms with van der Waals surface area (Å²) >= 11 is 5.53. The Balaban J connectivity index is 3.01. The van der Waals surface area contributed by atoms with Gasteiger partial charge in [-0.2, -0.15) is 0 Å². The lowest BCUT2D eigenvalue weighted by atomic mass is 10.3. The Morgan fingerprint density at radius 1 is 1.65 bits per heavy atom. The minimum absolute atomic E-state index is 0.154. The monoisotopic (exact) mass is 280 g/mol. The number of ether oxygens (including phenoxy) is 1. The molecule has 1 N–H and O–H groups in total. The Bertz CT molecular complexity index is 452. The van der Waals surface area contributed by atoms with Crippen LogP contribution in [-0.4, -0.2) is 34.3 Å². The minimum atomic E-state index is -1.85. The van der Waals surface area contributed by atoms with E-state index in [4.69, 9.17) is 16.7 Å². The van der Waals surface area contributed by atoms with E-state index in [9.17, 15) is 13.4 Å². The van der Waals surface area contributed by atoms with Crippen LogP contribution in [0.4, 0.5) is 4.39 Å². The van der Waals surface area contributed by atoms with Gasteiger partial charge in [0, 0.05) is 12.0 Å². The summed E-state index contributed by atoms with van der Waals surface area (Å²) in [5.41, 5.74) is 0. The molecule has 1 aromatic rings. The number of carboxylic acid groups (broad SMARTS) is 1. The molecule has 0 fully saturated rings. The quantitative estimate of drug-likeness (QED) is 0.891. The summed E-state index contributed by atoms with van der Waals surface area (Å²) in [6.07, 6.45) is 0. The van der Waals surface area contributed by atoms with Crippen LogP contribution in [0.5, 0.6) is 0 Å². The van der Waals surface area contributed by atoms with Gasteiger partial charge in [0.1, 0.15) is 5.82 Å². The molecule has 1 rings (SSSR count). The second kappa shape index (κ2) is 6.09. The predicted octanol–water partition coefficient (Wildman–Crippen LogP) is 1.69. The third kappa shape index (κ3) is 3.49. The van der Waals surface area contributed by atoms with Gasteiger partial charge < -0.3 is 9.84 Å². The summed E-state index contributed by atoms with van der Waals surface area (Å²) in [5, 5.41) is 7.48. The van der Waals surface area contributed by atoms with Crippen molar-refractivity contribution >= 4 is 28.4 Å². The second-order valence-electron chi connectivity index (χ2n) is 3.16. The Labute approximate surface area is 105 Å². The third-order valence-electron chi connectivity index (χ3n) is 1.98. The molecule has 0 saturated heterocycles. The van der Waals surface area contributed by atoms with Gasteiger partial charge in [-0.15, -0.1) is 0 Å². The molecule has 0 heterocycles. The van der Waals surface area contributed by atoms with Crippen LogP contribution in [0.2, 0.25) is 5.02 Å². The van der Waals surface area contributed by atoms with E-state index in [0.717, 1.165) is 12.1 Å². The van der Waals surface area contributed by atoms with Crippen LogP contribution >= 0.6 is 11.6 Å². The number of carbonyl (C=O) groups is 1. The molecule has 0 radical (unpaired) electrons. The standard InChI is InChI=1S/C10H10ClFO4S/c1-16-5-9(10(13)14)17(15)6-2-3-8(12)7(11)4-6/h2-4,9H,5H2,1H3,(H,13,14). The maximum absolute atomic E-state index is 12.9. The van der Waals surface area contributed by atoms with Crippen molar-refractivity contribution < 1.29 is 23.2 Å². The van der Waals surface area contributed by atoms with Crippen molar-refractivity contribution in [3.63, 3.8) is 0 Å². The van der Waals surface area contributed by atoms with Gasteiger partial charge in [-0.1, -0.05) is 11.6 Å². The zero-order chi connectivity index (χ0) is 13.0. The highest BCUT2D eigenvalue weighted by Gasteiger charge is 2.26. The van der Waals surface area contributed by atoms with Crippen molar-refractivity contribution in [1.82, 2.24) is 0 Å². The zero-order valence-electron chi connectivity index (χ0n) is 8.85. The molecule has 7 heteroatoms. The molecule has 2 unspecified atom stereocenters. The van der Waals surface area contributed by atoms with Crippen LogP contribution in [0.15, 0.2) is 23.1 Å². The first kappa shape index (κ1) is 14.1. The molecule has 0 bridgehead atoms. The number of hydrogen-bond acceptors (Lipinski definition) is 3. The van der Waals surface area contributed by atoms with Crippen molar-refractivity contribution in [2.24, 2.45) is 0 Å². The number of aliphatic carboxylic acids is 1. The molecule has 94 valence electrons. The summed E-state index contributed by atoms with van der Waals surface area (Å²) in [4.78, 5) is 11.0. The summed E-state index contributed by atoms with van der Waals surface area (Å²) in [7, 11) is -0.535. The summed E-state index contributed by atoms with van der Waals surface area (Å²) in [5.74, 6) is -1.89. The van der Waals surface area contributed by atoms with E-state index in [0.29, 0.717) is 0 Å². The van der Waals surface area contributed by atoms with Gasteiger partial charge in [-0.25, -0.2) is 4.39 Å². The van der Waals surface area contributed by atoms with E-state index in [1.54, 1.807) is 0 Å². The molecule has 0 aromatic heterocycles. The van der Waals surface area contributed by atoms with E-state index < -0.39 is 27.8 Å². The van der Waals surface area contributed by atoms with Crippen molar-refractivity contribution in [1.29, 1.82) is 0 Å². The Morgan fingerprint density at radius 2 is 2.29 bits per heavy atom. The molecular formula is C10H10ClFO4S. The van der Waals surface area contributed by atoms with E-state index in [-0.39, 0.29) is 16.5 Å². The van der Waals surface area contributed by atoms with Crippen molar-refractivity contribution in [2.75, 3.05) is 13.7 Å². The van der Waals surface area contributed by atoms with Gasteiger partial charge in [-0.05, 0) is 18.2 Å². The fourth-order valence-electron chi connectivity index (χ4n) is 1.14. The largest absolute Gasteiger partial charge is 0.480 e. The number of rotatable bonds is 5. The first-order valence-electron chi connectivity index (χ1n) is 4.54. The average Bonchev–Trinajstić information content (AvgIpc) is 2.28. The van der Waals surface area contributed by atoms with Crippen LogP contribution in [0.1, 0.15) is 0 Å². The SMILES string of the molecule is COCC(C(=O)O)S(=O)c1ccc(F)c(Cl)c1. The average molecular weight is 281 g/mol. The molecule has 0 aliphatic carbocycles. The van der Waals surface area contributed by atoms with E-state index >= 15 is 0 Å². The van der Waals surface area contributed by atoms with Gasteiger partial charge in [0.15, 0.2) is 5.25 Å². The Morgan fingerprint density at radius 3 is 2.76 bits per heavy atom. The number of hydrogen-bond donors (Lipinski definition) is 1. The highest BCUT2D eigenvalue weighted by molar-refractivity contribution is 7.86. The van der Waals surface area contributed by atoms with Crippen molar-refractivity contribution in [3.05, 3.63) is 29.0 Å². The first-order valence-corrected chi connectivity index (χ1v) is 6.14. The summed E-state index contributed by atoms with van der Waals surface area (Å²) in [6.45, 7) is -0.197.